The lowest BCUT2D eigenvalue weighted by atomic mass is 10.1. The molecule has 1 unspecified atom stereocenters. The molecule has 1 atom stereocenters. The lowest BCUT2D eigenvalue weighted by Crippen LogP contribution is -2.11. The molecule has 5 heteroatoms. The Morgan fingerprint density at radius 2 is 2.15 bits per heavy atom. The molecule has 0 aliphatic rings. The van der Waals surface area contributed by atoms with Crippen molar-refractivity contribution in [1.29, 1.82) is 0 Å². The van der Waals surface area contributed by atoms with Crippen LogP contribution in [0.25, 0.3) is 0 Å². The summed E-state index contributed by atoms with van der Waals surface area (Å²) in [5.41, 5.74) is 0. The van der Waals surface area contributed by atoms with E-state index < -0.39 is 0 Å². The fourth-order valence-electron chi connectivity index (χ4n) is 1.21. The number of rotatable bonds is 4. The lowest BCUT2D eigenvalue weighted by molar-refractivity contribution is 0.546. The molecule has 0 radical (unpaired) electrons. The Balaban J connectivity index is 2.45. The number of hydrogen-bond acceptors (Lipinski definition) is 3. The van der Waals surface area contributed by atoms with Gasteiger partial charge in [-0.1, -0.05) is 13.8 Å². The highest BCUT2D eigenvalue weighted by atomic mass is 35.5. The number of hydrogen-bond donors (Lipinski definition) is 0. The second kappa shape index (κ2) is 4.56. The molecule has 0 aliphatic heterocycles. The fraction of sp³-hybridized carbons (Fsp3) is 0.875. The molecule has 0 N–H and O–H groups in total. The third-order valence-electron chi connectivity index (χ3n) is 1.84. The zero-order chi connectivity index (χ0) is 9.84. The Morgan fingerprint density at radius 1 is 1.46 bits per heavy atom. The van der Waals surface area contributed by atoms with Crippen LogP contribution in [0.2, 0.25) is 0 Å². The van der Waals surface area contributed by atoms with Crippen molar-refractivity contribution in [2.24, 2.45) is 13.0 Å². The molecule has 0 aromatic carbocycles. The fourth-order valence-corrected chi connectivity index (χ4v) is 1.71. The highest BCUT2D eigenvalue weighted by Gasteiger charge is 2.11. The predicted molar refractivity (Wildman–Crippen MR) is 51.6 cm³/mol. The van der Waals surface area contributed by atoms with Crippen molar-refractivity contribution in [2.75, 3.05) is 0 Å². The van der Waals surface area contributed by atoms with E-state index >= 15 is 0 Å². The first kappa shape index (κ1) is 10.4. The van der Waals surface area contributed by atoms with Crippen molar-refractivity contribution in [3.8, 4) is 0 Å². The summed E-state index contributed by atoms with van der Waals surface area (Å²) in [5, 5.41) is 11.3. The molecule has 0 saturated heterocycles. The molecule has 0 saturated carbocycles. The van der Waals surface area contributed by atoms with Gasteiger partial charge < -0.3 is 0 Å². The summed E-state index contributed by atoms with van der Waals surface area (Å²) in [4.78, 5) is 0. The van der Waals surface area contributed by atoms with Gasteiger partial charge in [-0.2, -0.15) is 0 Å². The van der Waals surface area contributed by atoms with E-state index in [2.05, 4.69) is 29.4 Å². The van der Waals surface area contributed by atoms with Gasteiger partial charge in [-0.3, -0.25) is 0 Å². The summed E-state index contributed by atoms with van der Waals surface area (Å²) in [7, 11) is 1.83. The minimum absolute atomic E-state index is 0.129. The zero-order valence-electron chi connectivity index (χ0n) is 8.24. The van der Waals surface area contributed by atoms with Crippen molar-refractivity contribution in [1.82, 2.24) is 20.2 Å². The second-order valence-corrected chi connectivity index (χ2v) is 4.27. The van der Waals surface area contributed by atoms with Crippen molar-refractivity contribution in [2.45, 2.75) is 32.1 Å². The average Bonchev–Trinajstić information content (AvgIpc) is 2.34. The van der Waals surface area contributed by atoms with Crippen LogP contribution in [0.4, 0.5) is 0 Å². The molecule has 0 aliphatic carbocycles. The van der Waals surface area contributed by atoms with E-state index in [1.54, 1.807) is 4.68 Å². The maximum Gasteiger partial charge on any atom is 0.152 e. The van der Waals surface area contributed by atoms with Gasteiger partial charge in [0.25, 0.3) is 0 Å². The number of aromatic nitrogens is 4. The number of alkyl halides is 1. The van der Waals surface area contributed by atoms with Gasteiger partial charge in [0.2, 0.25) is 0 Å². The standard InChI is InChI=1S/C8H15ClN4/c1-6(2)4-7(9)5-8-10-11-12-13(8)3/h6-7H,4-5H2,1-3H3. The van der Waals surface area contributed by atoms with Crippen molar-refractivity contribution in [3.05, 3.63) is 5.82 Å². The number of tetrazole rings is 1. The molecular weight excluding hydrogens is 188 g/mol. The topological polar surface area (TPSA) is 43.6 Å². The highest BCUT2D eigenvalue weighted by molar-refractivity contribution is 6.20. The molecule has 0 bridgehead atoms. The molecule has 74 valence electrons. The van der Waals surface area contributed by atoms with E-state index in [-0.39, 0.29) is 5.38 Å². The van der Waals surface area contributed by atoms with Crippen LogP contribution in [-0.2, 0) is 13.5 Å². The van der Waals surface area contributed by atoms with Gasteiger partial charge in [0.05, 0.1) is 0 Å². The van der Waals surface area contributed by atoms with E-state index in [1.807, 2.05) is 7.05 Å². The molecule has 4 nitrogen and oxygen atoms in total. The normalized spacial score (nSPS) is 13.6. The number of halogens is 1. The third kappa shape index (κ3) is 3.30. The van der Waals surface area contributed by atoms with E-state index in [4.69, 9.17) is 11.6 Å². The van der Waals surface area contributed by atoms with Crippen LogP contribution in [-0.4, -0.2) is 25.6 Å². The first-order valence-electron chi connectivity index (χ1n) is 4.45. The van der Waals surface area contributed by atoms with Gasteiger partial charge >= 0.3 is 0 Å². The molecule has 1 heterocycles. The molecule has 0 amide bonds. The SMILES string of the molecule is CC(C)CC(Cl)Cc1nnnn1C. The van der Waals surface area contributed by atoms with Gasteiger partial charge in [-0.15, -0.1) is 16.7 Å². The number of aryl methyl sites for hydroxylation is 1. The Morgan fingerprint density at radius 3 is 2.62 bits per heavy atom. The maximum atomic E-state index is 6.13. The van der Waals surface area contributed by atoms with Crippen LogP contribution in [0.1, 0.15) is 26.1 Å². The van der Waals surface area contributed by atoms with Crippen LogP contribution >= 0.6 is 11.6 Å². The molecule has 1 aromatic heterocycles. The zero-order valence-corrected chi connectivity index (χ0v) is 8.99. The van der Waals surface area contributed by atoms with Crippen LogP contribution in [0.5, 0.6) is 0 Å². The molecule has 0 spiro atoms. The van der Waals surface area contributed by atoms with Crippen molar-refractivity contribution < 1.29 is 0 Å². The van der Waals surface area contributed by atoms with Crippen LogP contribution in [0.3, 0.4) is 0 Å². The van der Waals surface area contributed by atoms with Gasteiger partial charge in [-0.05, 0) is 22.8 Å². The summed E-state index contributed by atoms with van der Waals surface area (Å²) in [6, 6.07) is 0. The minimum Gasteiger partial charge on any atom is -0.233 e. The Kier molecular flexibility index (Phi) is 3.66. The van der Waals surface area contributed by atoms with Crippen LogP contribution < -0.4 is 0 Å². The van der Waals surface area contributed by atoms with E-state index in [0.29, 0.717) is 5.92 Å². The number of nitrogens with zero attached hydrogens (tertiary/aromatic N) is 4. The molecular formula is C8H15ClN4. The smallest absolute Gasteiger partial charge is 0.152 e. The average molecular weight is 203 g/mol. The molecule has 13 heavy (non-hydrogen) atoms. The summed E-state index contributed by atoms with van der Waals surface area (Å²) >= 11 is 6.13. The lowest BCUT2D eigenvalue weighted by Gasteiger charge is -2.10. The van der Waals surface area contributed by atoms with E-state index in [9.17, 15) is 0 Å². The first-order valence-corrected chi connectivity index (χ1v) is 4.88. The summed E-state index contributed by atoms with van der Waals surface area (Å²) in [5.74, 6) is 1.46. The Hall–Kier alpha value is -0.640. The van der Waals surface area contributed by atoms with Crippen LogP contribution in [0, 0.1) is 5.92 Å². The quantitative estimate of drug-likeness (QED) is 0.694. The Labute approximate surface area is 83.3 Å². The molecule has 1 rings (SSSR count). The summed E-state index contributed by atoms with van der Waals surface area (Å²) < 4.78 is 1.66. The van der Waals surface area contributed by atoms with E-state index in [1.165, 1.54) is 0 Å². The first-order chi connectivity index (χ1) is 6.09. The van der Waals surface area contributed by atoms with Crippen molar-refractivity contribution >= 4 is 11.6 Å². The van der Waals surface area contributed by atoms with Crippen LogP contribution in [0.15, 0.2) is 0 Å². The second-order valence-electron chi connectivity index (χ2n) is 3.65. The molecule has 0 fully saturated rings. The van der Waals surface area contributed by atoms with E-state index in [0.717, 1.165) is 18.7 Å². The third-order valence-corrected chi connectivity index (χ3v) is 2.17. The van der Waals surface area contributed by atoms with Gasteiger partial charge in [0.1, 0.15) is 0 Å². The largest absolute Gasteiger partial charge is 0.233 e. The highest BCUT2D eigenvalue weighted by Crippen LogP contribution is 2.14. The Bertz CT molecular complexity index is 258. The monoisotopic (exact) mass is 202 g/mol. The minimum atomic E-state index is 0.129. The van der Waals surface area contributed by atoms with Gasteiger partial charge in [0.15, 0.2) is 5.82 Å². The van der Waals surface area contributed by atoms with Gasteiger partial charge in [-0.25, -0.2) is 4.68 Å². The summed E-state index contributed by atoms with van der Waals surface area (Å²) in [6.45, 7) is 4.31. The maximum absolute atomic E-state index is 6.13. The summed E-state index contributed by atoms with van der Waals surface area (Å²) in [6.07, 6.45) is 1.73. The molecule has 1 aromatic rings. The predicted octanol–water partition coefficient (Wildman–Crippen LogP) is 1.41. The van der Waals surface area contributed by atoms with Gasteiger partial charge in [0, 0.05) is 18.8 Å². The van der Waals surface area contributed by atoms with Crippen molar-refractivity contribution in [3.63, 3.8) is 0 Å².